The molecule has 0 saturated carbocycles. The second-order valence-electron chi connectivity index (χ2n) is 5.88. The van der Waals surface area contributed by atoms with Crippen LogP contribution < -0.4 is 4.74 Å². The van der Waals surface area contributed by atoms with Crippen LogP contribution in [0.5, 0.6) is 5.75 Å². The molecule has 0 spiro atoms. The number of Topliss-reactive ketones (excluding diaryl/α,β-unsaturated/α-hetero) is 1. The number of benzene rings is 1. The lowest BCUT2D eigenvalue weighted by atomic mass is 9.92. The topological polar surface area (TPSA) is 56.5 Å². The summed E-state index contributed by atoms with van der Waals surface area (Å²) in [7, 11) is 1.60. The van der Waals surface area contributed by atoms with Crippen molar-refractivity contribution in [1.29, 1.82) is 0 Å². The van der Waals surface area contributed by atoms with Gasteiger partial charge >= 0.3 is 0 Å². The Labute approximate surface area is 145 Å². The highest BCUT2D eigenvalue weighted by Gasteiger charge is 2.34. The Kier molecular flexibility index (Phi) is 3.90. The van der Waals surface area contributed by atoms with Crippen LogP contribution in [0.3, 0.4) is 0 Å². The molecule has 1 aliphatic heterocycles. The van der Waals surface area contributed by atoms with E-state index in [9.17, 15) is 4.79 Å². The lowest BCUT2D eigenvalue weighted by Crippen LogP contribution is -2.29. The summed E-state index contributed by atoms with van der Waals surface area (Å²) in [6, 6.07) is 14.2. The molecule has 5 nitrogen and oxygen atoms in total. The third-order valence-electron chi connectivity index (χ3n) is 4.45. The van der Waals surface area contributed by atoms with Gasteiger partial charge in [-0.1, -0.05) is 12.1 Å². The van der Waals surface area contributed by atoms with Crippen molar-refractivity contribution < 1.29 is 9.53 Å². The lowest BCUT2D eigenvalue weighted by molar-refractivity contribution is 0.0905. The Bertz CT molecular complexity index is 931. The highest BCUT2D eigenvalue weighted by molar-refractivity contribution is 6.01. The number of nitrogens with zero attached hydrogens (tertiary/aromatic N) is 3. The molecule has 2 atom stereocenters. The first-order chi connectivity index (χ1) is 12.3. The van der Waals surface area contributed by atoms with E-state index in [0.717, 1.165) is 11.3 Å². The van der Waals surface area contributed by atoms with E-state index in [0.29, 0.717) is 11.3 Å². The van der Waals surface area contributed by atoms with Crippen molar-refractivity contribution in [1.82, 2.24) is 9.55 Å². The van der Waals surface area contributed by atoms with Crippen molar-refractivity contribution in [3.63, 3.8) is 0 Å². The number of rotatable bonds is 4. The van der Waals surface area contributed by atoms with Gasteiger partial charge in [0.2, 0.25) is 0 Å². The summed E-state index contributed by atoms with van der Waals surface area (Å²) in [5.74, 6) is 0.674. The fourth-order valence-electron chi connectivity index (χ4n) is 3.21. The van der Waals surface area contributed by atoms with Crippen molar-refractivity contribution in [3.8, 4) is 5.75 Å². The van der Waals surface area contributed by atoms with Gasteiger partial charge in [-0.25, -0.2) is 0 Å². The van der Waals surface area contributed by atoms with Gasteiger partial charge < -0.3 is 9.30 Å². The average Bonchev–Trinajstić information content (AvgIpc) is 3.16. The molecule has 5 heteroatoms. The number of pyridine rings is 1. The molecular weight excluding hydrogens is 314 g/mol. The summed E-state index contributed by atoms with van der Waals surface area (Å²) in [5.41, 5.74) is 2.50. The van der Waals surface area contributed by atoms with Gasteiger partial charge in [-0.15, -0.1) is 0 Å². The highest BCUT2D eigenvalue weighted by Crippen LogP contribution is 2.36. The first kappa shape index (κ1) is 15.3. The predicted molar refractivity (Wildman–Crippen MR) is 95.4 cm³/mol. The number of fused-ring (bicyclic) bond motifs is 1. The van der Waals surface area contributed by atoms with E-state index in [-0.39, 0.29) is 11.8 Å². The Morgan fingerprint density at radius 3 is 2.76 bits per heavy atom. The molecule has 0 bridgehead atoms. The van der Waals surface area contributed by atoms with E-state index >= 15 is 0 Å². The van der Waals surface area contributed by atoms with Gasteiger partial charge in [-0.2, -0.15) is 0 Å². The Balaban J connectivity index is 1.80. The number of aliphatic imine (C=N–C) groups is 1. The molecule has 0 aliphatic carbocycles. The maximum Gasteiger partial charge on any atom is 0.188 e. The normalized spacial score (nSPS) is 18.6. The Morgan fingerprint density at radius 2 is 1.96 bits per heavy atom. The summed E-state index contributed by atoms with van der Waals surface area (Å²) in [6.07, 6.45) is 7.20. The summed E-state index contributed by atoms with van der Waals surface area (Å²) in [5, 5.41) is 0. The van der Waals surface area contributed by atoms with Gasteiger partial charge in [0, 0.05) is 30.4 Å². The standard InChI is InChI=1S/C20H17N3O2/c1-25-17-6-2-4-15(12-17)20(24)19-18(14-7-9-21-10-8-14)22-13-16-5-3-11-23(16)19/h2-13,18-19H,1H3/t18-,19+/m1/s1. The van der Waals surface area contributed by atoms with Gasteiger partial charge in [-0.05, 0) is 42.0 Å². The highest BCUT2D eigenvalue weighted by atomic mass is 16.5. The molecule has 0 fully saturated rings. The van der Waals surface area contributed by atoms with E-state index in [1.54, 1.807) is 25.6 Å². The number of hydrogen-bond acceptors (Lipinski definition) is 4. The van der Waals surface area contributed by atoms with Crippen LogP contribution in [0.2, 0.25) is 0 Å². The maximum absolute atomic E-state index is 13.3. The largest absolute Gasteiger partial charge is 0.497 e. The minimum absolute atomic E-state index is 0.00927. The van der Waals surface area contributed by atoms with Crippen LogP contribution >= 0.6 is 0 Å². The zero-order chi connectivity index (χ0) is 17.2. The molecular formula is C20H17N3O2. The molecule has 124 valence electrons. The van der Waals surface area contributed by atoms with Crippen LogP contribution in [0.1, 0.15) is 33.7 Å². The van der Waals surface area contributed by atoms with Crippen molar-refractivity contribution >= 4 is 12.0 Å². The van der Waals surface area contributed by atoms with Crippen LogP contribution in [0.25, 0.3) is 0 Å². The van der Waals surface area contributed by atoms with E-state index in [1.807, 2.05) is 59.4 Å². The van der Waals surface area contributed by atoms with Gasteiger partial charge in [-0.3, -0.25) is 14.8 Å². The molecule has 0 amide bonds. The average molecular weight is 331 g/mol. The van der Waals surface area contributed by atoms with E-state index in [1.165, 1.54) is 0 Å². The third kappa shape index (κ3) is 2.74. The molecule has 0 N–H and O–H groups in total. The Hall–Kier alpha value is -3.21. The molecule has 1 aliphatic rings. The first-order valence-electron chi connectivity index (χ1n) is 8.06. The van der Waals surface area contributed by atoms with Crippen LogP contribution in [-0.4, -0.2) is 28.7 Å². The number of methoxy groups -OCH3 is 1. The minimum atomic E-state index is -0.440. The Morgan fingerprint density at radius 1 is 1.12 bits per heavy atom. The summed E-state index contributed by atoms with van der Waals surface area (Å²) >= 11 is 0. The summed E-state index contributed by atoms with van der Waals surface area (Å²) in [4.78, 5) is 22.1. The molecule has 25 heavy (non-hydrogen) atoms. The minimum Gasteiger partial charge on any atom is -0.497 e. The van der Waals surface area contributed by atoms with Crippen LogP contribution in [0.4, 0.5) is 0 Å². The van der Waals surface area contributed by atoms with Crippen LogP contribution in [-0.2, 0) is 0 Å². The smallest absolute Gasteiger partial charge is 0.188 e. The van der Waals surface area contributed by atoms with Crippen molar-refractivity contribution in [2.75, 3.05) is 7.11 Å². The number of ketones is 1. The van der Waals surface area contributed by atoms with E-state index in [4.69, 9.17) is 4.74 Å². The van der Waals surface area contributed by atoms with Gasteiger partial charge in [0.1, 0.15) is 17.8 Å². The number of aromatic nitrogens is 2. The zero-order valence-electron chi connectivity index (χ0n) is 13.7. The SMILES string of the molecule is COc1cccc(C(=O)[C@@H]2[C@@H](c3ccncc3)N=Cc3cccn32)c1. The zero-order valence-corrected chi connectivity index (χ0v) is 13.7. The summed E-state index contributed by atoms with van der Waals surface area (Å²) < 4.78 is 7.25. The van der Waals surface area contributed by atoms with Gasteiger partial charge in [0.15, 0.2) is 5.78 Å². The molecule has 2 aromatic heterocycles. The van der Waals surface area contributed by atoms with Crippen molar-refractivity contribution in [3.05, 3.63) is 83.9 Å². The van der Waals surface area contributed by atoms with E-state index in [2.05, 4.69) is 9.98 Å². The number of ether oxygens (including phenoxy) is 1. The monoisotopic (exact) mass is 331 g/mol. The van der Waals surface area contributed by atoms with Crippen molar-refractivity contribution in [2.24, 2.45) is 4.99 Å². The molecule has 4 rings (SSSR count). The van der Waals surface area contributed by atoms with Crippen LogP contribution in [0, 0.1) is 0 Å². The van der Waals surface area contributed by atoms with Crippen molar-refractivity contribution in [2.45, 2.75) is 12.1 Å². The molecule has 0 unspecified atom stereocenters. The van der Waals surface area contributed by atoms with E-state index < -0.39 is 6.04 Å². The van der Waals surface area contributed by atoms with Gasteiger partial charge in [0.25, 0.3) is 0 Å². The molecule has 1 aromatic carbocycles. The lowest BCUT2D eigenvalue weighted by Gasteiger charge is -2.29. The molecule has 3 heterocycles. The second-order valence-corrected chi connectivity index (χ2v) is 5.88. The summed E-state index contributed by atoms with van der Waals surface area (Å²) in [6.45, 7) is 0. The quantitative estimate of drug-likeness (QED) is 0.688. The number of carbonyl (C=O) groups excluding carboxylic acids is 1. The fraction of sp³-hybridized carbons (Fsp3) is 0.150. The third-order valence-corrected chi connectivity index (χ3v) is 4.45. The van der Waals surface area contributed by atoms with Crippen LogP contribution in [0.15, 0.2) is 72.1 Å². The van der Waals surface area contributed by atoms with Gasteiger partial charge in [0.05, 0.1) is 12.8 Å². The predicted octanol–water partition coefficient (Wildman–Crippen LogP) is 3.49. The number of carbonyl (C=O) groups is 1. The fourth-order valence-corrected chi connectivity index (χ4v) is 3.21. The molecule has 0 radical (unpaired) electrons. The number of hydrogen-bond donors (Lipinski definition) is 0. The second kappa shape index (κ2) is 6.36. The maximum atomic E-state index is 13.3. The first-order valence-corrected chi connectivity index (χ1v) is 8.06. The molecule has 3 aromatic rings. The molecule has 0 saturated heterocycles.